The summed E-state index contributed by atoms with van der Waals surface area (Å²) < 4.78 is 5.02. The van der Waals surface area contributed by atoms with Crippen LogP contribution in [0, 0.1) is 5.92 Å². The largest absolute Gasteiger partial charge is 0.383 e. The number of nitrogens with zero attached hydrogens (tertiary/aromatic N) is 2. The molecule has 1 aliphatic heterocycles. The molecule has 19 heavy (non-hydrogen) atoms. The highest BCUT2D eigenvalue weighted by Crippen LogP contribution is 2.22. The number of hydrogen-bond donors (Lipinski definition) is 1. The Morgan fingerprint density at radius 1 is 1.42 bits per heavy atom. The molecule has 0 saturated carbocycles. The summed E-state index contributed by atoms with van der Waals surface area (Å²) in [5.41, 5.74) is 0. The SMILES string of the molecule is COCCN(C)CCNC(=O)N1CCC[C@@H](C)[C@@H]1C. The number of likely N-dealkylation sites (N-methyl/N-ethyl adjacent to an activating group) is 1. The van der Waals surface area contributed by atoms with Crippen molar-refractivity contribution in [3.8, 4) is 0 Å². The summed E-state index contributed by atoms with van der Waals surface area (Å²) in [5.74, 6) is 0.601. The van der Waals surface area contributed by atoms with Crippen LogP contribution in [0.3, 0.4) is 0 Å². The summed E-state index contributed by atoms with van der Waals surface area (Å²) in [6.07, 6.45) is 2.34. The Balaban J connectivity index is 2.23. The minimum Gasteiger partial charge on any atom is -0.383 e. The van der Waals surface area contributed by atoms with Crippen molar-refractivity contribution >= 4 is 6.03 Å². The van der Waals surface area contributed by atoms with E-state index in [-0.39, 0.29) is 6.03 Å². The van der Waals surface area contributed by atoms with E-state index >= 15 is 0 Å². The van der Waals surface area contributed by atoms with Gasteiger partial charge in [0.25, 0.3) is 0 Å². The Morgan fingerprint density at radius 2 is 2.16 bits per heavy atom. The van der Waals surface area contributed by atoms with Gasteiger partial charge in [-0.3, -0.25) is 0 Å². The molecule has 5 heteroatoms. The minimum absolute atomic E-state index is 0.0826. The number of urea groups is 1. The third kappa shape index (κ3) is 5.37. The quantitative estimate of drug-likeness (QED) is 0.794. The summed E-state index contributed by atoms with van der Waals surface area (Å²) in [7, 11) is 3.74. The fourth-order valence-electron chi connectivity index (χ4n) is 2.44. The molecule has 1 fully saturated rings. The number of rotatable bonds is 6. The van der Waals surface area contributed by atoms with Crippen molar-refractivity contribution in [3.05, 3.63) is 0 Å². The molecular formula is C14H29N3O2. The van der Waals surface area contributed by atoms with E-state index in [1.54, 1.807) is 7.11 Å². The van der Waals surface area contributed by atoms with E-state index < -0.39 is 0 Å². The van der Waals surface area contributed by atoms with Crippen molar-refractivity contribution in [2.45, 2.75) is 32.7 Å². The molecule has 1 aliphatic rings. The third-order valence-corrected chi connectivity index (χ3v) is 4.08. The molecule has 0 aromatic rings. The monoisotopic (exact) mass is 271 g/mol. The summed E-state index contributed by atoms with van der Waals surface area (Å²) >= 11 is 0. The van der Waals surface area contributed by atoms with Crippen LogP contribution in [0.4, 0.5) is 4.79 Å². The maximum atomic E-state index is 12.1. The molecule has 112 valence electrons. The van der Waals surface area contributed by atoms with Crippen LogP contribution in [-0.2, 0) is 4.74 Å². The van der Waals surface area contributed by atoms with E-state index in [4.69, 9.17) is 4.74 Å². The fourth-order valence-corrected chi connectivity index (χ4v) is 2.44. The Kier molecular flexibility index (Phi) is 7.16. The van der Waals surface area contributed by atoms with Gasteiger partial charge in [-0.25, -0.2) is 4.79 Å². The number of hydrogen-bond acceptors (Lipinski definition) is 3. The molecule has 0 aliphatic carbocycles. The number of nitrogens with one attached hydrogen (secondary N) is 1. The lowest BCUT2D eigenvalue weighted by atomic mass is 9.92. The predicted octanol–water partition coefficient (Wildman–Crippen LogP) is 1.39. The van der Waals surface area contributed by atoms with Crippen LogP contribution < -0.4 is 5.32 Å². The molecule has 5 nitrogen and oxygen atoms in total. The van der Waals surface area contributed by atoms with Gasteiger partial charge < -0.3 is 19.9 Å². The lowest BCUT2D eigenvalue weighted by Gasteiger charge is -2.37. The Bertz CT molecular complexity index is 273. The van der Waals surface area contributed by atoms with Crippen molar-refractivity contribution in [3.63, 3.8) is 0 Å². The summed E-state index contributed by atoms with van der Waals surface area (Å²) in [4.78, 5) is 16.3. The summed E-state index contributed by atoms with van der Waals surface area (Å²) in [6.45, 7) is 8.42. The van der Waals surface area contributed by atoms with E-state index in [0.29, 0.717) is 18.5 Å². The Labute approximate surface area is 117 Å². The van der Waals surface area contributed by atoms with Crippen LogP contribution in [0.1, 0.15) is 26.7 Å². The van der Waals surface area contributed by atoms with Gasteiger partial charge in [0.05, 0.1) is 6.61 Å². The fraction of sp³-hybridized carbons (Fsp3) is 0.929. The molecule has 1 saturated heterocycles. The van der Waals surface area contributed by atoms with Crippen molar-refractivity contribution in [2.75, 3.05) is 46.9 Å². The molecule has 0 aromatic carbocycles. The number of carbonyl (C=O) groups is 1. The standard InChI is InChI=1S/C14H29N3O2/c1-12-6-5-8-17(13(12)2)14(18)15-7-9-16(3)10-11-19-4/h12-13H,5-11H2,1-4H3,(H,15,18)/t12-,13+/m1/s1. The summed E-state index contributed by atoms with van der Waals surface area (Å²) in [5, 5.41) is 3.02. The molecule has 1 heterocycles. The topological polar surface area (TPSA) is 44.8 Å². The molecule has 0 radical (unpaired) electrons. The van der Waals surface area contributed by atoms with Crippen molar-refractivity contribution in [1.82, 2.24) is 15.1 Å². The molecular weight excluding hydrogens is 242 g/mol. The van der Waals surface area contributed by atoms with Crippen molar-refractivity contribution in [2.24, 2.45) is 5.92 Å². The van der Waals surface area contributed by atoms with Crippen LogP contribution >= 0.6 is 0 Å². The molecule has 1 rings (SSSR count). The van der Waals surface area contributed by atoms with Gasteiger partial charge in [-0.15, -0.1) is 0 Å². The van der Waals surface area contributed by atoms with E-state index in [1.165, 1.54) is 6.42 Å². The highest BCUT2D eigenvalue weighted by molar-refractivity contribution is 5.74. The number of ether oxygens (including phenoxy) is 1. The smallest absolute Gasteiger partial charge is 0.317 e. The summed E-state index contributed by atoms with van der Waals surface area (Å²) in [6, 6.07) is 0.430. The molecule has 2 amide bonds. The van der Waals surface area contributed by atoms with Gasteiger partial charge in [-0.05, 0) is 32.7 Å². The number of piperidine rings is 1. The van der Waals surface area contributed by atoms with Gasteiger partial charge in [0.2, 0.25) is 0 Å². The van der Waals surface area contributed by atoms with Crippen LogP contribution in [0.15, 0.2) is 0 Å². The van der Waals surface area contributed by atoms with E-state index in [1.807, 2.05) is 11.9 Å². The zero-order valence-corrected chi connectivity index (χ0v) is 12.8. The van der Waals surface area contributed by atoms with Crippen LogP contribution in [0.2, 0.25) is 0 Å². The lowest BCUT2D eigenvalue weighted by molar-refractivity contribution is 0.127. The first-order chi connectivity index (χ1) is 9.06. The molecule has 1 N–H and O–H groups in total. The zero-order chi connectivity index (χ0) is 14.3. The van der Waals surface area contributed by atoms with Crippen molar-refractivity contribution in [1.29, 1.82) is 0 Å². The highest BCUT2D eigenvalue weighted by Gasteiger charge is 2.27. The molecule has 2 atom stereocenters. The van der Waals surface area contributed by atoms with Crippen molar-refractivity contribution < 1.29 is 9.53 Å². The number of methoxy groups -OCH3 is 1. The minimum atomic E-state index is 0.0826. The van der Waals surface area contributed by atoms with E-state index in [2.05, 4.69) is 24.1 Å². The first-order valence-corrected chi connectivity index (χ1v) is 7.28. The molecule has 0 bridgehead atoms. The number of amides is 2. The normalized spacial score (nSPS) is 23.7. The Morgan fingerprint density at radius 3 is 2.84 bits per heavy atom. The van der Waals surface area contributed by atoms with Gasteiger partial charge in [0, 0.05) is 39.3 Å². The lowest BCUT2D eigenvalue weighted by Crippen LogP contribution is -2.51. The van der Waals surface area contributed by atoms with Gasteiger partial charge in [-0.2, -0.15) is 0 Å². The second-order valence-electron chi connectivity index (χ2n) is 5.58. The first kappa shape index (κ1) is 16.2. The van der Waals surface area contributed by atoms with Gasteiger partial charge in [0.15, 0.2) is 0 Å². The average Bonchev–Trinajstić information content (AvgIpc) is 2.39. The van der Waals surface area contributed by atoms with Crippen LogP contribution in [0.25, 0.3) is 0 Å². The van der Waals surface area contributed by atoms with Gasteiger partial charge in [0.1, 0.15) is 0 Å². The van der Waals surface area contributed by atoms with Gasteiger partial charge >= 0.3 is 6.03 Å². The second-order valence-corrected chi connectivity index (χ2v) is 5.58. The van der Waals surface area contributed by atoms with E-state index in [0.717, 1.165) is 32.7 Å². The maximum absolute atomic E-state index is 12.1. The number of likely N-dealkylation sites (tertiary alicyclic amines) is 1. The zero-order valence-electron chi connectivity index (χ0n) is 12.8. The third-order valence-electron chi connectivity index (χ3n) is 4.08. The van der Waals surface area contributed by atoms with Crippen LogP contribution in [0.5, 0.6) is 0 Å². The van der Waals surface area contributed by atoms with Gasteiger partial charge in [-0.1, -0.05) is 6.92 Å². The first-order valence-electron chi connectivity index (χ1n) is 7.28. The van der Waals surface area contributed by atoms with Crippen LogP contribution in [-0.4, -0.2) is 68.8 Å². The maximum Gasteiger partial charge on any atom is 0.317 e. The van der Waals surface area contributed by atoms with E-state index in [9.17, 15) is 4.79 Å². The molecule has 0 aromatic heterocycles. The molecule has 0 unspecified atom stereocenters. The Hall–Kier alpha value is -0.810. The second kappa shape index (κ2) is 8.38. The predicted molar refractivity (Wildman–Crippen MR) is 77.3 cm³/mol. The average molecular weight is 271 g/mol. The molecule has 0 spiro atoms. The number of carbonyl (C=O) groups excluding carboxylic acids is 1. The highest BCUT2D eigenvalue weighted by atomic mass is 16.5.